The molecule has 0 nitrogen and oxygen atoms in total. The molecule has 0 saturated carbocycles. The second kappa shape index (κ2) is 6.16. The van der Waals surface area contributed by atoms with E-state index in [0.29, 0.717) is 0 Å². The van der Waals surface area contributed by atoms with Crippen LogP contribution in [0.25, 0.3) is 21.5 Å². The van der Waals surface area contributed by atoms with E-state index in [1.54, 1.807) is 0 Å². The van der Waals surface area contributed by atoms with Gasteiger partial charge in [0.2, 0.25) is 0 Å². The highest BCUT2D eigenvalue weighted by Crippen LogP contribution is 2.35. The molecule has 0 heteroatoms. The van der Waals surface area contributed by atoms with Gasteiger partial charge >= 0.3 is 0 Å². The molecule has 0 N–H and O–H groups in total. The molecule has 3 aromatic carbocycles. The molecule has 0 amide bonds. The lowest BCUT2D eigenvalue weighted by Crippen LogP contribution is -2.15. The van der Waals surface area contributed by atoms with Crippen LogP contribution in [0.3, 0.4) is 0 Å². The predicted octanol–water partition coefficient (Wildman–Crippen LogP) is 7.68. The summed E-state index contributed by atoms with van der Waals surface area (Å²) in [6, 6.07) is 16.5. The van der Waals surface area contributed by atoms with E-state index in [0.717, 1.165) is 12.8 Å². The molecule has 3 rings (SSSR count). The fraction of sp³-hybridized carbons (Fsp3) is 0.440. The second-order valence-electron chi connectivity index (χ2n) is 8.85. The maximum atomic E-state index is 2.41. The van der Waals surface area contributed by atoms with Crippen LogP contribution in [0.1, 0.15) is 71.1 Å². The number of rotatable bonds is 4. The van der Waals surface area contributed by atoms with Gasteiger partial charge in [-0.1, -0.05) is 77.9 Å². The Balaban J connectivity index is 2.25. The average molecular weight is 333 g/mol. The maximum absolute atomic E-state index is 2.41. The highest BCUT2D eigenvalue weighted by atomic mass is 14.2. The molecule has 0 aromatic heterocycles. The third-order valence-electron chi connectivity index (χ3n) is 6.55. The third kappa shape index (κ3) is 3.08. The minimum absolute atomic E-state index is 0.227. The third-order valence-corrected chi connectivity index (χ3v) is 6.55. The van der Waals surface area contributed by atoms with E-state index < -0.39 is 0 Å². The summed E-state index contributed by atoms with van der Waals surface area (Å²) in [4.78, 5) is 0. The summed E-state index contributed by atoms with van der Waals surface area (Å²) in [5.74, 6) is 0. The Hall–Kier alpha value is -1.82. The Morgan fingerprint density at radius 1 is 0.640 bits per heavy atom. The van der Waals surface area contributed by atoms with Crippen molar-refractivity contribution in [3.05, 3.63) is 59.2 Å². The van der Waals surface area contributed by atoms with Crippen LogP contribution in [0, 0.1) is 6.92 Å². The first-order chi connectivity index (χ1) is 11.7. The van der Waals surface area contributed by atoms with Gasteiger partial charge in [-0.3, -0.25) is 0 Å². The van der Waals surface area contributed by atoms with Crippen molar-refractivity contribution >= 4 is 21.5 Å². The fourth-order valence-corrected chi connectivity index (χ4v) is 3.59. The van der Waals surface area contributed by atoms with Crippen LogP contribution in [-0.2, 0) is 10.8 Å². The summed E-state index contributed by atoms with van der Waals surface area (Å²) in [5, 5.41) is 5.50. The summed E-state index contributed by atoms with van der Waals surface area (Å²) in [5.41, 5.74) is 4.73. The van der Waals surface area contributed by atoms with Gasteiger partial charge in [-0.15, -0.1) is 0 Å². The lowest BCUT2D eigenvalue weighted by atomic mass is 9.79. The molecule has 0 fully saturated rings. The number of hydrogen-bond donors (Lipinski definition) is 0. The van der Waals surface area contributed by atoms with E-state index in [1.165, 1.54) is 38.2 Å². The van der Waals surface area contributed by atoms with Gasteiger partial charge in [-0.25, -0.2) is 0 Å². The Bertz CT molecular complexity index is 926. The van der Waals surface area contributed by atoms with Gasteiger partial charge in [0.05, 0.1) is 0 Å². The van der Waals surface area contributed by atoms with Gasteiger partial charge in [0.1, 0.15) is 0 Å². The van der Waals surface area contributed by atoms with Gasteiger partial charge in [-0.2, -0.15) is 0 Å². The molecular weight excluding hydrogens is 300 g/mol. The van der Waals surface area contributed by atoms with Crippen molar-refractivity contribution in [3.63, 3.8) is 0 Å². The molecule has 132 valence electrons. The van der Waals surface area contributed by atoms with Crippen LogP contribution >= 0.6 is 0 Å². The van der Waals surface area contributed by atoms with Crippen molar-refractivity contribution < 1.29 is 0 Å². The summed E-state index contributed by atoms with van der Waals surface area (Å²) < 4.78 is 0. The summed E-state index contributed by atoms with van der Waals surface area (Å²) in [6.07, 6.45) is 2.31. The smallest absolute Gasteiger partial charge is 0.0106 e. The predicted molar refractivity (Wildman–Crippen MR) is 113 cm³/mol. The molecule has 0 unspecified atom stereocenters. The first kappa shape index (κ1) is 18.0. The highest BCUT2D eigenvalue weighted by Gasteiger charge is 2.20. The number of benzene rings is 3. The molecule has 0 aliphatic heterocycles. The molecule has 0 atom stereocenters. The minimum atomic E-state index is 0.227. The molecule has 25 heavy (non-hydrogen) atoms. The zero-order valence-electron chi connectivity index (χ0n) is 17.0. The topological polar surface area (TPSA) is 0 Å². The van der Waals surface area contributed by atoms with Crippen LogP contribution in [0.2, 0.25) is 0 Å². The number of hydrogen-bond acceptors (Lipinski definition) is 0. The molecular formula is C25H32. The fourth-order valence-electron chi connectivity index (χ4n) is 3.59. The van der Waals surface area contributed by atoms with E-state index in [2.05, 4.69) is 90.9 Å². The Morgan fingerprint density at radius 2 is 1.20 bits per heavy atom. The first-order valence-corrected chi connectivity index (χ1v) is 9.67. The van der Waals surface area contributed by atoms with Crippen molar-refractivity contribution in [3.8, 4) is 0 Å². The summed E-state index contributed by atoms with van der Waals surface area (Å²) in [6.45, 7) is 16.2. The number of fused-ring (bicyclic) bond motifs is 2. The lowest BCUT2D eigenvalue weighted by Gasteiger charge is -2.25. The van der Waals surface area contributed by atoms with E-state index in [-0.39, 0.29) is 10.8 Å². The van der Waals surface area contributed by atoms with Crippen LogP contribution in [0.15, 0.2) is 42.5 Å². The summed E-state index contributed by atoms with van der Waals surface area (Å²) in [7, 11) is 0. The molecule has 0 spiro atoms. The largest absolute Gasteiger partial charge is 0.0646 e. The van der Waals surface area contributed by atoms with Gasteiger partial charge in [0, 0.05) is 0 Å². The van der Waals surface area contributed by atoms with Crippen molar-refractivity contribution in [1.29, 1.82) is 0 Å². The van der Waals surface area contributed by atoms with E-state index in [4.69, 9.17) is 0 Å². The number of aryl methyl sites for hydroxylation is 1. The van der Waals surface area contributed by atoms with Crippen LogP contribution in [-0.4, -0.2) is 0 Å². The van der Waals surface area contributed by atoms with Crippen LogP contribution in [0.5, 0.6) is 0 Å². The normalized spacial score (nSPS) is 12.9. The SMILES string of the molecule is CCC(C)(C)c1ccc2c(C)c3cc(C(C)(C)CC)ccc3cc2c1. The van der Waals surface area contributed by atoms with Gasteiger partial charge in [-0.05, 0) is 74.9 Å². The summed E-state index contributed by atoms with van der Waals surface area (Å²) >= 11 is 0. The molecule has 3 aromatic rings. The zero-order valence-corrected chi connectivity index (χ0v) is 17.0. The second-order valence-corrected chi connectivity index (χ2v) is 8.85. The Kier molecular flexibility index (Phi) is 4.43. The average Bonchev–Trinajstić information content (AvgIpc) is 2.61. The Labute approximate surface area is 153 Å². The van der Waals surface area contributed by atoms with Gasteiger partial charge in [0.15, 0.2) is 0 Å². The zero-order chi connectivity index (χ0) is 18.4. The van der Waals surface area contributed by atoms with Crippen molar-refractivity contribution in [2.75, 3.05) is 0 Å². The highest BCUT2D eigenvalue weighted by molar-refractivity contribution is 6.02. The molecule has 0 aliphatic rings. The standard InChI is InChI=1S/C25H32/c1-8-24(4,5)20-12-13-22-17(3)23-16-21(25(6,7)9-2)11-10-18(23)14-19(22)15-20/h10-16H,8-9H2,1-7H3. The van der Waals surface area contributed by atoms with E-state index in [9.17, 15) is 0 Å². The van der Waals surface area contributed by atoms with Crippen molar-refractivity contribution in [1.82, 2.24) is 0 Å². The minimum Gasteiger partial charge on any atom is -0.0646 e. The maximum Gasteiger partial charge on any atom is -0.0106 e. The lowest BCUT2D eigenvalue weighted by molar-refractivity contribution is 0.506. The van der Waals surface area contributed by atoms with E-state index >= 15 is 0 Å². The quantitative estimate of drug-likeness (QED) is 0.430. The monoisotopic (exact) mass is 332 g/mol. The molecule has 0 heterocycles. The molecule has 0 aliphatic carbocycles. The first-order valence-electron chi connectivity index (χ1n) is 9.67. The van der Waals surface area contributed by atoms with Crippen molar-refractivity contribution in [2.45, 2.75) is 72.1 Å². The molecule has 0 bridgehead atoms. The van der Waals surface area contributed by atoms with Crippen molar-refractivity contribution in [2.24, 2.45) is 0 Å². The Morgan fingerprint density at radius 3 is 1.80 bits per heavy atom. The molecule has 0 radical (unpaired) electrons. The van der Waals surface area contributed by atoms with Gasteiger partial charge in [0.25, 0.3) is 0 Å². The van der Waals surface area contributed by atoms with Crippen LogP contribution in [0.4, 0.5) is 0 Å². The van der Waals surface area contributed by atoms with E-state index in [1.807, 2.05) is 0 Å². The van der Waals surface area contributed by atoms with Crippen LogP contribution < -0.4 is 0 Å². The molecule has 0 saturated heterocycles. The van der Waals surface area contributed by atoms with Gasteiger partial charge < -0.3 is 0 Å².